The number of fused-ring (bicyclic) bond motifs is 4. The van der Waals surface area contributed by atoms with Crippen LogP contribution < -0.4 is 14.4 Å². The number of aromatic nitrogens is 5. The minimum atomic E-state index is -0.292. The van der Waals surface area contributed by atoms with Crippen molar-refractivity contribution in [3.63, 3.8) is 0 Å². The number of hydrogen-bond donors (Lipinski definition) is 0. The molecule has 1 saturated heterocycles. The number of rotatable bonds is 8. The third-order valence-electron chi connectivity index (χ3n) is 11.5. The smallest absolute Gasteiger partial charge is 0.261 e. The molecule has 4 aromatic rings. The molecule has 5 heterocycles. The number of nitrogens with zero attached hydrogens (tertiary/aromatic N) is 9. The Labute approximate surface area is 296 Å². The summed E-state index contributed by atoms with van der Waals surface area (Å²) in [6, 6.07) is 11.3. The fourth-order valence-electron chi connectivity index (χ4n) is 8.79. The topological polar surface area (TPSA) is 139 Å². The molecule has 2 aromatic carbocycles. The molecule has 0 unspecified atom stereocenters. The van der Waals surface area contributed by atoms with Crippen LogP contribution in [0, 0.1) is 5.92 Å². The van der Waals surface area contributed by atoms with Crippen molar-refractivity contribution in [3.05, 3.63) is 65.0 Å². The largest absolute Gasteiger partial charge is 0.493 e. The van der Waals surface area contributed by atoms with Crippen LogP contribution >= 0.6 is 0 Å². The van der Waals surface area contributed by atoms with Crippen LogP contribution in [0.2, 0.25) is 0 Å². The summed E-state index contributed by atoms with van der Waals surface area (Å²) in [5.74, 6) is 1.90. The van der Waals surface area contributed by atoms with Crippen LogP contribution in [0.3, 0.4) is 0 Å². The van der Waals surface area contributed by atoms with E-state index in [1.54, 1.807) is 49.5 Å². The molecule has 4 aliphatic rings. The van der Waals surface area contributed by atoms with Crippen molar-refractivity contribution < 1.29 is 23.9 Å². The van der Waals surface area contributed by atoms with Gasteiger partial charge in [-0.25, -0.2) is 14.6 Å². The second-order valence-corrected chi connectivity index (χ2v) is 14.0. The monoisotopic (exact) mass is 693 g/mol. The lowest BCUT2D eigenvalue weighted by Crippen LogP contribution is -2.55. The van der Waals surface area contributed by atoms with Crippen LogP contribution in [0.4, 0.5) is 5.82 Å². The average Bonchev–Trinajstić information content (AvgIpc) is 3.67. The SMILES string of the molecule is COc1cc2c(cc1OC)C1(CCC(C(=O)N3CCN(c4ncnc5c4nnn5C)CC3)CC1)N(CCCN1C(=O)c3ccccc3C1=O)CC2. The molecule has 51 heavy (non-hydrogen) atoms. The highest BCUT2D eigenvalue weighted by Crippen LogP contribution is 2.50. The molecular formula is C37H43N9O5. The zero-order valence-electron chi connectivity index (χ0n) is 29.4. The van der Waals surface area contributed by atoms with Crippen molar-refractivity contribution in [1.29, 1.82) is 0 Å². The molecule has 14 heteroatoms. The van der Waals surface area contributed by atoms with Crippen molar-refractivity contribution in [2.75, 3.05) is 64.9 Å². The second-order valence-electron chi connectivity index (χ2n) is 14.0. The average molecular weight is 694 g/mol. The highest BCUT2D eigenvalue weighted by atomic mass is 16.5. The fraction of sp³-hybridized carbons (Fsp3) is 0.486. The summed E-state index contributed by atoms with van der Waals surface area (Å²) in [6.07, 6.45) is 6.25. The van der Waals surface area contributed by atoms with Gasteiger partial charge in [0.2, 0.25) is 5.91 Å². The Morgan fingerprint density at radius 1 is 0.902 bits per heavy atom. The predicted molar refractivity (Wildman–Crippen MR) is 188 cm³/mol. The Morgan fingerprint density at radius 2 is 1.59 bits per heavy atom. The van der Waals surface area contributed by atoms with E-state index in [1.807, 2.05) is 11.9 Å². The first kappa shape index (κ1) is 33.1. The first-order chi connectivity index (χ1) is 24.8. The number of hydrogen-bond acceptors (Lipinski definition) is 11. The number of aryl methyl sites for hydroxylation is 1. The van der Waals surface area contributed by atoms with E-state index in [0.717, 1.165) is 56.8 Å². The third-order valence-corrected chi connectivity index (χ3v) is 11.5. The summed E-state index contributed by atoms with van der Waals surface area (Å²) in [7, 11) is 5.14. The second kappa shape index (κ2) is 13.2. The quantitative estimate of drug-likeness (QED) is 0.252. The molecule has 0 bridgehead atoms. The summed E-state index contributed by atoms with van der Waals surface area (Å²) >= 11 is 0. The van der Waals surface area contributed by atoms with Crippen molar-refractivity contribution in [1.82, 2.24) is 39.7 Å². The summed E-state index contributed by atoms with van der Waals surface area (Å²) in [4.78, 5) is 57.1. The zero-order valence-corrected chi connectivity index (χ0v) is 29.4. The summed E-state index contributed by atoms with van der Waals surface area (Å²) in [5, 5.41) is 8.38. The number of imide groups is 1. The van der Waals surface area contributed by atoms with Crippen LogP contribution in [-0.2, 0) is 23.8 Å². The number of ether oxygens (including phenoxy) is 2. The van der Waals surface area contributed by atoms with Gasteiger partial charge in [0.05, 0.1) is 25.3 Å². The molecule has 0 radical (unpaired) electrons. The first-order valence-electron chi connectivity index (χ1n) is 17.8. The van der Waals surface area contributed by atoms with Gasteiger partial charge in [0.15, 0.2) is 28.5 Å². The lowest BCUT2D eigenvalue weighted by atomic mass is 9.68. The number of anilines is 1. The molecule has 1 spiro atoms. The van der Waals surface area contributed by atoms with Gasteiger partial charge in [-0.15, -0.1) is 5.10 Å². The van der Waals surface area contributed by atoms with Gasteiger partial charge in [0.1, 0.15) is 6.33 Å². The molecular weight excluding hydrogens is 650 g/mol. The van der Waals surface area contributed by atoms with Gasteiger partial charge in [-0.1, -0.05) is 17.3 Å². The lowest BCUT2D eigenvalue weighted by Gasteiger charge is -2.52. The van der Waals surface area contributed by atoms with Gasteiger partial charge in [-0.2, -0.15) is 0 Å². The van der Waals surface area contributed by atoms with Gasteiger partial charge in [-0.3, -0.25) is 24.2 Å². The molecule has 3 amide bonds. The first-order valence-corrected chi connectivity index (χ1v) is 17.8. The van der Waals surface area contributed by atoms with Gasteiger partial charge >= 0.3 is 0 Å². The minimum absolute atomic E-state index is 0.0568. The van der Waals surface area contributed by atoms with Gasteiger partial charge in [-0.05, 0) is 73.9 Å². The van der Waals surface area contributed by atoms with Gasteiger partial charge < -0.3 is 19.3 Å². The lowest BCUT2D eigenvalue weighted by molar-refractivity contribution is -0.138. The molecule has 0 N–H and O–H groups in total. The molecule has 3 aliphatic heterocycles. The maximum absolute atomic E-state index is 14.0. The van der Waals surface area contributed by atoms with Gasteiger partial charge in [0, 0.05) is 64.3 Å². The maximum atomic E-state index is 14.0. The molecule has 1 aliphatic carbocycles. The molecule has 8 rings (SSSR count). The van der Waals surface area contributed by atoms with Crippen LogP contribution in [0.15, 0.2) is 42.7 Å². The number of piperazine rings is 1. The number of benzene rings is 2. The summed E-state index contributed by atoms with van der Waals surface area (Å²) < 4.78 is 13.1. The molecule has 2 aromatic heterocycles. The fourth-order valence-corrected chi connectivity index (χ4v) is 8.79. The highest BCUT2D eigenvalue weighted by Gasteiger charge is 2.47. The van der Waals surface area contributed by atoms with E-state index in [1.165, 1.54) is 16.0 Å². The van der Waals surface area contributed by atoms with Crippen molar-refractivity contribution >= 4 is 34.7 Å². The Bertz CT molecular complexity index is 1960. The summed E-state index contributed by atoms with van der Waals surface area (Å²) in [6.45, 7) is 4.51. The number of amides is 3. The van der Waals surface area contributed by atoms with Gasteiger partial charge in [0.25, 0.3) is 11.8 Å². The predicted octanol–water partition coefficient (Wildman–Crippen LogP) is 3.05. The molecule has 2 fully saturated rings. The highest BCUT2D eigenvalue weighted by molar-refractivity contribution is 6.21. The molecule has 0 atom stereocenters. The number of carbonyl (C=O) groups excluding carboxylic acids is 3. The van der Waals surface area contributed by atoms with Crippen LogP contribution in [0.1, 0.15) is 63.9 Å². The molecule has 266 valence electrons. The molecule has 1 saturated carbocycles. The van der Waals surface area contributed by atoms with Crippen molar-refractivity contribution in [2.24, 2.45) is 13.0 Å². The maximum Gasteiger partial charge on any atom is 0.261 e. The Kier molecular flexibility index (Phi) is 8.57. The number of carbonyl (C=O) groups is 3. The van der Waals surface area contributed by atoms with Crippen molar-refractivity contribution in [2.45, 2.75) is 44.1 Å². The van der Waals surface area contributed by atoms with E-state index in [-0.39, 0.29) is 29.2 Å². The Balaban J connectivity index is 0.966. The van der Waals surface area contributed by atoms with E-state index in [4.69, 9.17) is 9.47 Å². The molecule has 14 nitrogen and oxygen atoms in total. The van der Waals surface area contributed by atoms with Crippen molar-refractivity contribution in [3.8, 4) is 11.5 Å². The normalized spacial score (nSPS) is 22.1. The standard InChI is InChI=1S/C37H43N9O5/c1-42-32-31(40-41-42)33(39-23-38-32)43-17-19-44(20-18-43)34(47)24-9-12-37(13-10-24)28-22-30(51-3)29(50-2)21-25(28)11-16-45(37)14-6-15-46-35(48)26-7-4-5-8-27(26)36(46)49/h4-5,7-8,21-24H,6,9-20H2,1-3H3. The Morgan fingerprint density at radius 3 is 2.27 bits per heavy atom. The van der Waals surface area contributed by atoms with E-state index in [0.29, 0.717) is 67.2 Å². The van der Waals surface area contributed by atoms with E-state index >= 15 is 0 Å². The van der Waals surface area contributed by atoms with Crippen LogP contribution in [0.5, 0.6) is 11.5 Å². The van der Waals surface area contributed by atoms with Crippen LogP contribution in [-0.4, -0.2) is 117 Å². The zero-order chi connectivity index (χ0) is 35.3. The van der Waals surface area contributed by atoms with E-state index in [2.05, 4.69) is 42.2 Å². The third kappa shape index (κ3) is 5.56. The van der Waals surface area contributed by atoms with E-state index in [9.17, 15) is 14.4 Å². The Hall–Kier alpha value is -5.11. The minimum Gasteiger partial charge on any atom is -0.493 e. The summed E-state index contributed by atoms with van der Waals surface area (Å²) in [5.41, 5.74) is 4.50. The van der Waals surface area contributed by atoms with E-state index < -0.39 is 0 Å². The van der Waals surface area contributed by atoms with Crippen LogP contribution in [0.25, 0.3) is 11.2 Å². The number of methoxy groups -OCH3 is 2.